The van der Waals surface area contributed by atoms with Gasteiger partial charge in [0.2, 0.25) is 11.8 Å². The number of hydrogen-bond acceptors (Lipinski definition) is 4. The predicted octanol–water partition coefficient (Wildman–Crippen LogP) is 6.01. The van der Waals surface area contributed by atoms with Crippen molar-refractivity contribution < 1.29 is 18.0 Å². The van der Waals surface area contributed by atoms with Crippen molar-refractivity contribution in [2.24, 2.45) is 0 Å². The highest BCUT2D eigenvalue weighted by molar-refractivity contribution is 7.92. The molecule has 0 aliphatic heterocycles. The van der Waals surface area contributed by atoms with Gasteiger partial charge in [-0.25, -0.2) is 8.42 Å². The smallest absolute Gasteiger partial charge is 0.264 e. The molecular weight excluding hydrogens is 581 g/mol. The quantitative estimate of drug-likeness (QED) is 0.305. The Kier molecular flexibility index (Phi) is 10.3. The van der Waals surface area contributed by atoms with E-state index in [0.29, 0.717) is 27.2 Å². The molecule has 0 aromatic heterocycles. The van der Waals surface area contributed by atoms with Crippen LogP contribution in [0.25, 0.3) is 0 Å². The second-order valence-corrected chi connectivity index (χ2v) is 12.2. The summed E-state index contributed by atoms with van der Waals surface area (Å²) in [5, 5.41) is 3.72. The minimum absolute atomic E-state index is 0.00109. The molecule has 3 aromatic carbocycles. The number of amides is 2. The van der Waals surface area contributed by atoms with Crippen molar-refractivity contribution in [1.29, 1.82) is 0 Å². The van der Waals surface area contributed by atoms with Gasteiger partial charge < -0.3 is 10.2 Å². The van der Waals surface area contributed by atoms with Crippen molar-refractivity contribution in [3.05, 3.63) is 92.4 Å². The number of benzene rings is 3. The van der Waals surface area contributed by atoms with Crippen molar-refractivity contribution >= 4 is 62.3 Å². The van der Waals surface area contributed by atoms with Crippen molar-refractivity contribution in [1.82, 2.24) is 10.2 Å². The van der Waals surface area contributed by atoms with Crippen molar-refractivity contribution in [3.63, 3.8) is 0 Å². The number of anilines is 1. The molecule has 3 rings (SSSR count). The molecule has 0 spiro atoms. The minimum Gasteiger partial charge on any atom is -0.355 e. The second-order valence-electron chi connectivity index (χ2n) is 9.10. The largest absolute Gasteiger partial charge is 0.355 e. The summed E-state index contributed by atoms with van der Waals surface area (Å²) in [5.74, 6) is -0.968. The Morgan fingerprint density at radius 3 is 2.15 bits per heavy atom. The Hall–Kier alpha value is -2.78. The zero-order chi connectivity index (χ0) is 28.9. The van der Waals surface area contributed by atoms with Crippen LogP contribution in [-0.2, 0) is 26.2 Å². The third-order valence-electron chi connectivity index (χ3n) is 6.19. The first-order valence-corrected chi connectivity index (χ1v) is 14.8. The van der Waals surface area contributed by atoms with Crippen LogP contribution in [0.1, 0.15) is 30.5 Å². The van der Waals surface area contributed by atoms with Crippen LogP contribution < -0.4 is 9.62 Å². The Balaban J connectivity index is 2.06. The first-order chi connectivity index (χ1) is 18.3. The first-order valence-electron chi connectivity index (χ1n) is 12.2. The maximum absolute atomic E-state index is 13.9. The molecule has 208 valence electrons. The van der Waals surface area contributed by atoms with E-state index < -0.39 is 28.5 Å². The summed E-state index contributed by atoms with van der Waals surface area (Å²) in [7, 11) is -4.18. The van der Waals surface area contributed by atoms with Crippen molar-refractivity contribution in [3.8, 4) is 0 Å². The van der Waals surface area contributed by atoms with Gasteiger partial charge in [-0.1, -0.05) is 64.6 Å². The lowest BCUT2D eigenvalue weighted by molar-refractivity contribution is -0.139. The Bertz CT molecular complexity index is 1460. The lowest BCUT2D eigenvalue weighted by atomic mass is 10.1. The summed E-state index contributed by atoms with van der Waals surface area (Å²) < 4.78 is 28.7. The van der Waals surface area contributed by atoms with Crippen molar-refractivity contribution in [2.75, 3.05) is 17.4 Å². The normalized spacial score (nSPS) is 12.1. The van der Waals surface area contributed by atoms with E-state index in [1.165, 1.54) is 23.1 Å². The zero-order valence-corrected chi connectivity index (χ0v) is 25.1. The van der Waals surface area contributed by atoms with Gasteiger partial charge in [-0.3, -0.25) is 13.9 Å². The minimum atomic E-state index is -4.18. The van der Waals surface area contributed by atoms with E-state index in [1.54, 1.807) is 63.2 Å². The Morgan fingerprint density at radius 2 is 1.56 bits per heavy atom. The van der Waals surface area contributed by atoms with E-state index in [0.717, 1.165) is 15.4 Å². The number of hydrogen-bond donors (Lipinski definition) is 1. The number of sulfonamides is 1. The summed E-state index contributed by atoms with van der Waals surface area (Å²) in [6.07, 6.45) is 0. The number of carbonyl (C=O) groups is 2. The van der Waals surface area contributed by atoms with Crippen LogP contribution in [0.4, 0.5) is 5.69 Å². The monoisotopic (exact) mass is 609 g/mol. The van der Waals surface area contributed by atoms with Crippen LogP contribution in [0.15, 0.2) is 65.6 Å². The molecule has 1 atom stereocenters. The first kappa shape index (κ1) is 30.8. The second kappa shape index (κ2) is 13.0. The molecule has 1 unspecified atom stereocenters. The van der Waals surface area contributed by atoms with E-state index in [4.69, 9.17) is 34.8 Å². The maximum atomic E-state index is 13.9. The third kappa shape index (κ3) is 7.45. The standard InChI is InChI=1S/C28H30Cl3N3O4S/c1-5-32-28(36)20(4)33(16-21-9-13-24(29)26(31)14-21)27(35)17-34(22-10-8-19(3)25(30)15-22)39(37,38)23-11-6-18(2)7-12-23/h6-15,20H,5,16-17H2,1-4H3,(H,32,36). The number of likely N-dealkylation sites (N-methyl/N-ethyl adjacent to an activating group) is 1. The summed E-state index contributed by atoms with van der Waals surface area (Å²) in [6, 6.07) is 15.1. The molecule has 0 aliphatic rings. The van der Waals surface area contributed by atoms with Gasteiger partial charge in [0.25, 0.3) is 10.0 Å². The van der Waals surface area contributed by atoms with E-state index in [9.17, 15) is 18.0 Å². The van der Waals surface area contributed by atoms with Gasteiger partial charge in [0.1, 0.15) is 12.6 Å². The predicted molar refractivity (Wildman–Crippen MR) is 157 cm³/mol. The molecule has 1 N–H and O–H groups in total. The number of aryl methyl sites for hydroxylation is 2. The molecule has 2 amide bonds. The molecule has 0 saturated heterocycles. The van der Waals surface area contributed by atoms with Crippen LogP contribution >= 0.6 is 34.8 Å². The van der Waals surface area contributed by atoms with Crippen LogP contribution in [0.3, 0.4) is 0 Å². The van der Waals surface area contributed by atoms with E-state index >= 15 is 0 Å². The molecule has 39 heavy (non-hydrogen) atoms. The molecule has 0 bridgehead atoms. The number of nitrogens with one attached hydrogen (secondary N) is 1. The fourth-order valence-corrected chi connectivity index (χ4v) is 5.74. The van der Waals surface area contributed by atoms with Gasteiger partial charge in [-0.15, -0.1) is 0 Å². The number of rotatable bonds is 10. The average Bonchev–Trinajstić information content (AvgIpc) is 2.89. The molecule has 0 radical (unpaired) electrons. The fourth-order valence-electron chi connectivity index (χ4n) is 3.84. The topological polar surface area (TPSA) is 86.8 Å². The molecule has 3 aromatic rings. The van der Waals surface area contributed by atoms with Crippen LogP contribution in [0.5, 0.6) is 0 Å². The van der Waals surface area contributed by atoms with E-state index in [2.05, 4.69) is 5.32 Å². The Morgan fingerprint density at radius 1 is 0.897 bits per heavy atom. The summed E-state index contributed by atoms with van der Waals surface area (Å²) in [5.41, 5.74) is 2.49. The van der Waals surface area contributed by atoms with Gasteiger partial charge in [-0.05, 0) is 75.2 Å². The molecular formula is C28H30Cl3N3O4S. The van der Waals surface area contributed by atoms with Crippen molar-refractivity contribution in [2.45, 2.75) is 45.2 Å². The van der Waals surface area contributed by atoms with Gasteiger partial charge in [0.05, 0.1) is 20.6 Å². The molecule has 0 heterocycles. The highest BCUT2D eigenvalue weighted by Crippen LogP contribution is 2.29. The molecule has 0 aliphatic carbocycles. The molecule has 11 heteroatoms. The lowest BCUT2D eigenvalue weighted by Gasteiger charge is -2.32. The SMILES string of the molecule is CCNC(=O)C(C)N(Cc1ccc(Cl)c(Cl)c1)C(=O)CN(c1ccc(C)c(Cl)c1)S(=O)(=O)c1ccc(C)cc1. The molecule has 7 nitrogen and oxygen atoms in total. The average molecular weight is 611 g/mol. The van der Waals surface area contributed by atoms with Crippen LogP contribution in [0.2, 0.25) is 15.1 Å². The summed E-state index contributed by atoms with van der Waals surface area (Å²) >= 11 is 18.6. The Labute approximate surface area is 244 Å². The van der Waals surface area contributed by atoms with E-state index in [1.807, 2.05) is 6.92 Å². The van der Waals surface area contributed by atoms with Gasteiger partial charge >= 0.3 is 0 Å². The third-order valence-corrected chi connectivity index (χ3v) is 9.12. The van der Waals surface area contributed by atoms with Gasteiger partial charge in [-0.2, -0.15) is 0 Å². The lowest BCUT2D eigenvalue weighted by Crippen LogP contribution is -2.51. The highest BCUT2D eigenvalue weighted by Gasteiger charge is 2.32. The fraction of sp³-hybridized carbons (Fsp3) is 0.286. The van der Waals surface area contributed by atoms with E-state index in [-0.39, 0.29) is 23.0 Å². The van der Waals surface area contributed by atoms with Gasteiger partial charge in [0.15, 0.2) is 0 Å². The highest BCUT2D eigenvalue weighted by atomic mass is 35.5. The summed E-state index contributed by atoms with van der Waals surface area (Å²) in [6.45, 7) is 6.80. The van der Waals surface area contributed by atoms with Gasteiger partial charge in [0, 0.05) is 18.1 Å². The number of halogens is 3. The van der Waals surface area contributed by atoms with Crippen LogP contribution in [-0.4, -0.2) is 44.3 Å². The molecule has 0 saturated carbocycles. The maximum Gasteiger partial charge on any atom is 0.264 e. The number of nitrogens with zero attached hydrogens (tertiary/aromatic N) is 2. The number of carbonyl (C=O) groups excluding carboxylic acids is 2. The zero-order valence-electron chi connectivity index (χ0n) is 22.0. The van der Waals surface area contributed by atoms with Crippen LogP contribution in [0, 0.1) is 13.8 Å². The summed E-state index contributed by atoms with van der Waals surface area (Å²) in [4.78, 5) is 28.0. The molecule has 0 fully saturated rings.